The molecule has 8 heteroatoms. The highest BCUT2D eigenvalue weighted by atomic mass is 16.5. The Hall–Kier alpha value is -4.20. The Morgan fingerprint density at radius 2 is 1.82 bits per heavy atom. The van der Waals surface area contributed by atoms with Gasteiger partial charge in [-0.25, -0.2) is 9.97 Å². The topological polar surface area (TPSA) is 91.2 Å². The minimum atomic E-state index is -0.540. The van der Waals surface area contributed by atoms with Gasteiger partial charge in [0.2, 0.25) is 11.8 Å². The van der Waals surface area contributed by atoms with Gasteiger partial charge < -0.3 is 14.8 Å². The van der Waals surface area contributed by atoms with E-state index >= 15 is 0 Å². The van der Waals surface area contributed by atoms with Crippen molar-refractivity contribution >= 4 is 11.6 Å². The molecule has 1 aliphatic rings. The number of benzene rings is 2. The molecule has 1 fully saturated rings. The van der Waals surface area contributed by atoms with Crippen molar-refractivity contribution in [2.75, 3.05) is 12.4 Å². The molecule has 34 heavy (non-hydrogen) atoms. The van der Waals surface area contributed by atoms with Gasteiger partial charge in [0.15, 0.2) is 0 Å². The van der Waals surface area contributed by atoms with Crippen LogP contribution < -0.4 is 14.8 Å². The summed E-state index contributed by atoms with van der Waals surface area (Å²) >= 11 is 0. The largest absolute Gasteiger partial charge is 0.496 e. The number of rotatable bonds is 7. The number of carbonyl (C=O) groups is 1. The normalized spacial score (nSPS) is 13.9. The molecule has 0 unspecified atom stereocenters. The third kappa shape index (κ3) is 4.10. The molecule has 0 aliphatic heterocycles. The van der Waals surface area contributed by atoms with E-state index in [1.807, 2.05) is 61.0 Å². The summed E-state index contributed by atoms with van der Waals surface area (Å²) in [6, 6.07) is 16.7. The molecule has 5 rings (SSSR count). The summed E-state index contributed by atoms with van der Waals surface area (Å²) in [4.78, 5) is 26.2. The van der Waals surface area contributed by atoms with Crippen LogP contribution in [0.15, 0.2) is 67.0 Å². The Bertz CT molecular complexity index is 1340. The number of methoxy groups -OCH3 is 1. The van der Waals surface area contributed by atoms with Gasteiger partial charge in [-0.15, -0.1) is 0 Å². The van der Waals surface area contributed by atoms with Crippen LogP contribution in [0.2, 0.25) is 0 Å². The quantitative estimate of drug-likeness (QED) is 0.432. The molecule has 1 amide bonds. The first-order valence-corrected chi connectivity index (χ1v) is 11.1. The molecule has 2 heterocycles. The van der Waals surface area contributed by atoms with E-state index in [0.29, 0.717) is 29.0 Å². The van der Waals surface area contributed by atoms with E-state index in [2.05, 4.69) is 20.3 Å². The van der Waals surface area contributed by atoms with Crippen molar-refractivity contribution in [2.24, 2.45) is 0 Å². The maximum atomic E-state index is 13.1. The zero-order valence-corrected chi connectivity index (χ0v) is 19.3. The monoisotopic (exact) mass is 455 g/mol. The minimum Gasteiger partial charge on any atom is -0.496 e. The number of imidazole rings is 1. The van der Waals surface area contributed by atoms with Crippen molar-refractivity contribution in [3.05, 3.63) is 84.2 Å². The number of carbonyl (C=O) groups excluding carboxylic acids is 1. The summed E-state index contributed by atoms with van der Waals surface area (Å²) in [5.41, 5.74) is 1.09. The zero-order valence-electron chi connectivity index (χ0n) is 19.3. The number of nitrogens with zero attached hydrogens (tertiary/aromatic N) is 4. The van der Waals surface area contributed by atoms with Gasteiger partial charge in [-0.2, -0.15) is 4.98 Å². The minimum absolute atomic E-state index is 0.0302. The maximum Gasteiger partial charge on any atom is 0.235 e. The van der Waals surface area contributed by atoms with E-state index in [4.69, 9.17) is 9.47 Å². The van der Waals surface area contributed by atoms with E-state index in [1.54, 1.807) is 31.5 Å². The van der Waals surface area contributed by atoms with Crippen LogP contribution in [0, 0.1) is 13.8 Å². The van der Waals surface area contributed by atoms with E-state index in [9.17, 15) is 4.79 Å². The van der Waals surface area contributed by atoms with E-state index in [0.717, 1.165) is 30.0 Å². The molecule has 2 aromatic heterocycles. The number of aryl methyl sites for hydroxylation is 2. The second kappa shape index (κ2) is 8.62. The highest BCUT2D eigenvalue weighted by molar-refractivity contribution is 6.01. The SMILES string of the molecule is COc1ccccc1C1(C(=O)Nc2ccc(Oc3cc(-n4ccnc4C)nc(C)n3)cc2)CC1. The molecule has 0 bridgehead atoms. The van der Waals surface area contributed by atoms with Crippen LogP contribution >= 0.6 is 0 Å². The van der Waals surface area contributed by atoms with Crippen molar-refractivity contribution in [3.8, 4) is 23.2 Å². The summed E-state index contributed by atoms with van der Waals surface area (Å²) < 4.78 is 13.3. The summed E-state index contributed by atoms with van der Waals surface area (Å²) in [5, 5.41) is 3.04. The lowest BCUT2D eigenvalue weighted by Crippen LogP contribution is -2.28. The standard InChI is InChI=1S/C26H25N5O3/c1-17-28-23(31-15-14-27-18(31)2)16-24(29-17)34-20-10-8-19(9-11-20)30-25(32)26(12-13-26)21-6-4-5-7-22(21)33-3/h4-11,14-16H,12-13H2,1-3H3,(H,30,32). The second-order valence-corrected chi connectivity index (χ2v) is 8.32. The molecule has 8 nitrogen and oxygen atoms in total. The fraction of sp³-hybridized carbons (Fsp3) is 0.231. The van der Waals surface area contributed by atoms with Gasteiger partial charge in [0.25, 0.3) is 0 Å². The third-order valence-electron chi connectivity index (χ3n) is 6.02. The number of aromatic nitrogens is 4. The van der Waals surface area contributed by atoms with Crippen LogP contribution in [0.5, 0.6) is 17.4 Å². The van der Waals surface area contributed by atoms with E-state index in [-0.39, 0.29) is 5.91 Å². The molecular weight excluding hydrogens is 430 g/mol. The Balaban J connectivity index is 1.30. The zero-order chi connectivity index (χ0) is 23.7. The summed E-state index contributed by atoms with van der Waals surface area (Å²) in [6.07, 6.45) is 5.16. The van der Waals surface area contributed by atoms with Crippen LogP contribution in [0.25, 0.3) is 5.82 Å². The molecule has 2 aromatic carbocycles. The van der Waals surface area contributed by atoms with Gasteiger partial charge in [-0.3, -0.25) is 9.36 Å². The molecule has 1 saturated carbocycles. The third-order valence-corrected chi connectivity index (χ3v) is 6.02. The molecule has 0 spiro atoms. The fourth-order valence-corrected chi connectivity index (χ4v) is 4.08. The molecule has 0 saturated heterocycles. The Morgan fingerprint density at radius 1 is 1.06 bits per heavy atom. The van der Waals surface area contributed by atoms with Crippen molar-refractivity contribution in [2.45, 2.75) is 32.1 Å². The van der Waals surface area contributed by atoms with Crippen LogP contribution in [0.1, 0.15) is 30.1 Å². The lowest BCUT2D eigenvalue weighted by molar-refractivity contribution is -0.118. The molecule has 1 N–H and O–H groups in total. The molecule has 172 valence electrons. The van der Waals surface area contributed by atoms with E-state index in [1.165, 1.54) is 0 Å². The number of para-hydroxylation sites is 1. The highest BCUT2D eigenvalue weighted by Gasteiger charge is 2.52. The number of anilines is 1. The average Bonchev–Trinajstić information content (AvgIpc) is 3.54. The molecule has 1 aliphatic carbocycles. The summed E-state index contributed by atoms with van der Waals surface area (Å²) in [7, 11) is 1.63. The smallest absolute Gasteiger partial charge is 0.235 e. The van der Waals surface area contributed by atoms with Gasteiger partial charge >= 0.3 is 0 Å². The van der Waals surface area contributed by atoms with Crippen molar-refractivity contribution in [3.63, 3.8) is 0 Å². The van der Waals surface area contributed by atoms with Gasteiger partial charge in [-0.1, -0.05) is 18.2 Å². The van der Waals surface area contributed by atoms with Crippen molar-refractivity contribution in [1.82, 2.24) is 19.5 Å². The van der Waals surface area contributed by atoms with Crippen LogP contribution in [-0.4, -0.2) is 32.5 Å². The van der Waals surface area contributed by atoms with Crippen LogP contribution in [0.4, 0.5) is 5.69 Å². The molecular formula is C26H25N5O3. The Labute approximate surface area is 197 Å². The number of amides is 1. The van der Waals surface area contributed by atoms with Crippen molar-refractivity contribution in [1.29, 1.82) is 0 Å². The first-order valence-electron chi connectivity index (χ1n) is 11.1. The molecule has 4 aromatic rings. The van der Waals surface area contributed by atoms with E-state index < -0.39 is 5.41 Å². The van der Waals surface area contributed by atoms with Gasteiger partial charge in [0.05, 0.1) is 12.5 Å². The number of hydrogen-bond acceptors (Lipinski definition) is 6. The Morgan fingerprint density at radius 3 is 2.50 bits per heavy atom. The number of nitrogens with one attached hydrogen (secondary N) is 1. The first kappa shape index (κ1) is 21.6. The van der Waals surface area contributed by atoms with Crippen LogP contribution in [-0.2, 0) is 10.2 Å². The Kier molecular flexibility index (Phi) is 5.49. The predicted octanol–water partition coefficient (Wildman–Crippen LogP) is 4.75. The molecule has 0 atom stereocenters. The molecule has 0 radical (unpaired) electrons. The second-order valence-electron chi connectivity index (χ2n) is 8.32. The lowest BCUT2D eigenvalue weighted by atomic mass is 9.94. The lowest BCUT2D eigenvalue weighted by Gasteiger charge is -2.18. The highest BCUT2D eigenvalue weighted by Crippen LogP contribution is 2.52. The summed E-state index contributed by atoms with van der Waals surface area (Å²) in [6.45, 7) is 3.72. The van der Waals surface area contributed by atoms with Crippen LogP contribution in [0.3, 0.4) is 0 Å². The maximum absolute atomic E-state index is 13.1. The number of ether oxygens (including phenoxy) is 2. The average molecular weight is 456 g/mol. The summed E-state index contributed by atoms with van der Waals surface area (Å²) in [5.74, 6) is 3.85. The fourth-order valence-electron chi connectivity index (χ4n) is 4.08. The number of hydrogen-bond donors (Lipinski definition) is 1. The van der Waals surface area contributed by atoms with Gasteiger partial charge in [0.1, 0.15) is 29.0 Å². The predicted molar refractivity (Wildman–Crippen MR) is 128 cm³/mol. The van der Waals surface area contributed by atoms with Gasteiger partial charge in [0, 0.05) is 29.7 Å². The van der Waals surface area contributed by atoms with Gasteiger partial charge in [-0.05, 0) is 57.0 Å². The van der Waals surface area contributed by atoms with Crippen molar-refractivity contribution < 1.29 is 14.3 Å². The first-order chi connectivity index (χ1) is 16.5.